The minimum absolute atomic E-state index is 0.103. The van der Waals surface area contributed by atoms with Gasteiger partial charge in [0.1, 0.15) is 5.75 Å². The number of anilines is 1. The summed E-state index contributed by atoms with van der Waals surface area (Å²) in [6.07, 6.45) is 0. The smallest absolute Gasteiger partial charge is 0.221 e. The summed E-state index contributed by atoms with van der Waals surface area (Å²) in [7, 11) is 1.58. The normalized spacial score (nSPS) is 9.71. The molecule has 0 bridgehead atoms. The minimum Gasteiger partial charge on any atom is -0.495 e. The maximum atomic E-state index is 10.9. The molecule has 0 fully saturated rings. The van der Waals surface area contributed by atoms with E-state index in [9.17, 15) is 4.79 Å². The molecule has 0 saturated heterocycles. The standard InChI is InChI=1S/C10H12BrNO2/c1-6-4-8(11)5-9(14-3)10(6)12-7(2)13/h4-5H,1-3H3,(H,12,13). The molecule has 1 N–H and O–H groups in total. The molecule has 1 rings (SSSR count). The van der Waals surface area contributed by atoms with Gasteiger partial charge in [-0.1, -0.05) is 15.9 Å². The van der Waals surface area contributed by atoms with Crippen LogP contribution in [-0.4, -0.2) is 13.0 Å². The Bertz CT molecular complexity index is 363. The third kappa shape index (κ3) is 2.48. The number of aryl methyl sites for hydroxylation is 1. The number of carbonyl (C=O) groups excluding carboxylic acids is 1. The van der Waals surface area contributed by atoms with Gasteiger partial charge >= 0.3 is 0 Å². The molecule has 0 spiro atoms. The fraction of sp³-hybridized carbons (Fsp3) is 0.300. The van der Waals surface area contributed by atoms with Gasteiger partial charge in [0.05, 0.1) is 12.8 Å². The van der Waals surface area contributed by atoms with Crippen LogP contribution in [0.1, 0.15) is 12.5 Å². The lowest BCUT2D eigenvalue weighted by molar-refractivity contribution is -0.114. The van der Waals surface area contributed by atoms with E-state index in [4.69, 9.17) is 4.74 Å². The van der Waals surface area contributed by atoms with Crippen molar-refractivity contribution in [2.24, 2.45) is 0 Å². The van der Waals surface area contributed by atoms with Gasteiger partial charge in [-0.3, -0.25) is 4.79 Å². The quantitative estimate of drug-likeness (QED) is 0.885. The van der Waals surface area contributed by atoms with Crippen molar-refractivity contribution in [2.75, 3.05) is 12.4 Å². The number of nitrogens with one attached hydrogen (secondary N) is 1. The second-order valence-corrected chi connectivity index (χ2v) is 3.90. The van der Waals surface area contributed by atoms with Crippen LogP contribution in [0, 0.1) is 6.92 Å². The molecule has 0 aromatic heterocycles. The number of ether oxygens (including phenoxy) is 1. The highest BCUT2D eigenvalue weighted by Gasteiger charge is 2.08. The predicted octanol–water partition coefficient (Wildman–Crippen LogP) is 2.72. The molecule has 0 aliphatic carbocycles. The summed E-state index contributed by atoms with van der Waals surface area (Å²) in [5, 5.41) is 2.74. The first-order chi connectivity index (χ1) is 6.54. The molecule has 0 aliphatic heterocycles. The van der Waals surface area contributed by atoms with Crippen LogP contribution in [0.15, 0.2) is 16.6 Å². The fourth-order valence-electron chi connectivity index (χ4n) is 1.21. The van der Waals surface area contributed by atoms with Crippen molar-refractivity contribution in [2.45, 2.75) is 13.8 Å². The molecule has 0 aliphatic rings. The molecule has 0 saturated carbocycles. The van der Waals surface area contributed by atoms with Crippen LogP contribution < -0.4 is 10.1 Å². The van der Waals surface area contributed by atoms with Crippen molar-refractivity contribution in [1.29, 1.82) is 0 Å². The molecule has 1 aromatic rings. The second-order valence-electron chi connectivity index (χ2n) is 2.98. The number of rotatable bonds is 2. The van der Waals surface area contributed by atoms with Gasteiger partial charge in [0, 0.05) is 11.4 Å². The number of halogens is 1. The van der Waals surface area contributed by atoms with Gasteiger partial charge < -0.3 is 10.1 Å². The monoisotopic (exact) mass is 257 g/mol. The first-order valence-corrected chi connectivity index (χ1v) is 4.95. The number of carbonyl (C=O) groups is 1. The van der Waals surface area contributed by atoms with Crippen LogP contribution >= 0.6 is 15.9 Å². The third-order valence-electron chi connectivity index (χ3n) is 1.79. The van der Waals surface area contributed by atoms with Crippen molar-refractivity contribution in [3.05, 3.63) is 22.2 Å². The van der Waals surface area contributed by atoms with Gasteiger partial charge in [-0.15, -0.1) is 0 Å². The fourth-order valence-corrected chi connectivity index (χ4v) is 1.76. The van der Waals surface area contributed by atoms with Crippen molar-refractivity contribution in [1.82, 2.24) is 0 Å². The number of hydrogen-bond acceptors (Lipinski definition) is 2. The molecule has 0 atom stereocenters. The number of amides is 1. The van der Waals surface area contributed by atoms with Crippen LogP contribution in [0.3, 0.4) is 0 Å². The Labute approximate surface area is 91.6 Å². The largest absolute Gasteiger partial charge is 0.495 e. The Morgan fingerprint density at radius 2 is 2.14 bits per heavy atom. The highest BCUT2D eigenvalue weighted by atomic mass is 79.9. The van der Waals surface area contributed by atoms with Gasteiger partial charge in [-0.2, -0.15) is 0 Å². The maximum absolute atomic E-state index is 10.9. The molecule has 0 radical (unpaired) electrons. The van der Waals surface area contributed by atoms with Crippen molar-refractivity contribution in [3.8, 4) is 5.75 Å². The van der Waals surface area contributed by atoms with Gasteiger partial charge in [0.25, 0.3) is 0 Å². The molecule has 14 heavy (non-hydrogen) atoms. The summed E-state index contributed by atoms with van der Waals surface area (Å²) in [6, 6.07) is 3.74. The summed E-state index contributed by atoms with van der Waals surface area (Å²) in [4.78, 5) is 10.9. The zero-order valence-corrected chi connectivity index (χ0v) is 9.94. The number of benzene rings is 1. The van der Waals surface area contributed by atoms with E-state index < -0.39 is 0 Å². The van der Waals surface area contributed by atoms with Crippen LogP contribution in [0.2, 0.25) is 0 Å². The predicted molar refractivity (Wildman–Crippen MR) is 59.7 cm³/mol. The van der Waals surface area contributed by atoms with Crippen molar-refractivity contribution in [3.63, 3.8) is 0 Å². The van der Waals surface area contributed by atoms with E-state index in [1.165, 1.54) is 6.92 Å². The third-order valence-corrected chi connectivity index (χ3v) is 2.24. The van der Waals surface area contributed by atoms with Crippen LogP contribution in [0.25, 0.3) is 0 Å². The van der Waals surface area contributed by atoms with E-state index in [0.717, 1.165) is 15.7 Å². The van der Waals surface area contributed by atoms with Gasteiger partial charge in [0.15, 0.2) is 0 Å². The molecular weight excluding hydrogens is 246 g/mol. The zero-order chi connectivity index (χ0) is 10.7. The van der Waals surface area contributed by atoms with Crippen LogP contribution in [0.5, 0.6) is 5.75 Å². The molecule has 1 aromatic carbocycles. The van der Waals surface area contributed by atoms with E-state index >= 15 is 0 Å². The van der Waals surface area contributed by atoms with Crippen molar-refractivity contribution < 1.29 is 9.53 Å². The average molecular weight is 258 g/mol. The highest BCUT2D eigenvalue weighted by Crippen LogP contribution is 2.31. The summed E-state index contributed by atoms with van der Waals surface area (Å²) < 4.78 is 6.09. The van der Waals surface area contributed by atoms with Crippen molar-refractivity contribution >= 4 is 27.5 Å². The van der Waals surface area contributed by atoms with Crippen LogP contribution in [-0.2, 0) is 4.79 Å². The van der Waals surface area contributed by atoms with Gasteiger partial charge in [-0.05, 0) is 24.6 Å². The number of hydrogen-bond donors (Lipinski definition) is 1. The molecule has 4 heteroatoms. The SMILES string of the molecule is COc1cc(Br)cc(C)c1NC(C)=O. The summed E-state index contributed by atoms with van der Waals surface area (Å²) in [5.41, 5.74) is 1.69. The Kier molecular flexibility index (Phi) is 3.52. The summed E-state index contributed by atoms with van der Waals surface area (Å²) >= 11 is 3.36. The van der Waals surface area contributed by atoms with Gasteiger partial charge in [-0.25, -0.2) is 0 Å². The van der Waals surface area contributed by atoms with E-state index in [-0.39, 0.29) is 5.91 Å². The maximum Gasteiger partial charge on any atom is 0.221 e. The lowest BCUT2D eigenvalue weighted by atomic mass is 10.2. The first kappa shape index (κ1) is 11.0. The van der Waals surface area contributed by atoms with Gasteiger partial charge in [0.2, 0.25) is 5.91 Å². The molecule has 0 heterocycles. The van der Waals surface area contributed by atoms with E-state index in [0.29, 0.717) is 5.75 Å². The van der Waals surface area contributed by atoms with Crippen LogP contribution in [0.4, 0.5) is 5.69 Å². The summed E-state index contributed by atoms with van der Waals surface area (Å²) in [6.45, 7) is 3.39. The average Bonchev–Trinajstić information content (AvgIpc) is 2.08. The molecule has 3 nitrogen and oxygen atoms in total. The Hall–Kier alpha value is -1.03. The topological polar surface area (TPSA) is 38.3 Å². The molecular formula is C10H12BrNO2. The Morgan fingerprint density at radius 3 is 2.64 bits per heavy atom. The second kappa shape index (κ2) is 4.46. The first-order valence-electron chi connectivity index (χ1n) is 4.16. The van der Waals surface area contributed by atoms with E-state index in [1.807, 2.05) is 19.1 Å². The highest BCUT2D eigenvalue weighted by molar-refractivity contribution is 9.10. The molecule has 1 amide bonds. The lowest BCUT2D eigenvalue weighted by Gasteiger charge is -2.12. The summed E-state index contributed by atoms with van der Waals surface area (Å²) in [5.74, 6) is 0.556. The number of methoxy groups -OCH3 is 1. The zero-order valence-electron chi connectivity index (χ0n) is 8.35. The Balaban J connectivity index is 3.18. The Morgan fingerprint density at radius 1 is 1.50 bits per heavy atom. The van der Waals surface area contributed by atoms with E-state index in [1.54, 1.807) is 7.11 Å². The molecule has 76 valence electrons. The van der Waals surface area contributed by atoms with E-state index in [2.05, 4.69) is 21.2 Å². The lowest BCUT2D eigenvalue weighted by Crippen LogP contribution is -2.08. The minimum atomic E-state index is -0.103. The molecule has 0 unspecified atom stereocenters.